The Balaban J connectivity index is 0.00000288. The standard InChI is InChI=1S/C18H35N3OS.HI/c1-4-19-17(21-14-8-7-9-15(12-14)23-3)20-13-18(2)11-6-5-10-16(18)22;/h14-16,22H,4-13H2,1-3H3,(H2,19,20,21);1H. The molecule has 3 N–H and O–H groups in total. The van der Waals surface area contributed by atoms with Gasteiger partial charge in [0.05, 0.1) is 12.6 Å². The predicted octanol–water partition coefficient (Wildman–Crippen LogP) is 3.77. The summed E-state index contributed by atoms with van der Waals surface area (Å²) in [5.41, 5.74) is -0.0605. The lowest BCUT2D eigenvalue weighted by Gasteiger charge is -2.37. The van der Waals surface area contributed by atoms with E-state index in [1.54, 1.807) is 0 Å². The van der Waals surface area contributed by atoms with Crippen LogP contribution in [-0.4, -0.2) is 47.8 Å². The number of rotatable bonds is 5. The fourth-order valence-electron chi connectivity index (χ4n) is 3.83. The van der Waals surface area contributed by atoms with Gasteiger partial charge in [-0.2, -0.15) is 11.8 Å². The van der Waals surface area contributed by atoms with E-state index in [0.717, 1.165) is 37.0 Å². The van der Waals surface area contributed by atoms with E-state index in [2.05, 4.69) is 30.7 Å². The maximum atomic E-state index is 10.3. The van der Waals surface area contributed by atoms with Crippen LogP contribution in [0.2, 0.25) is 0 Å². The Bertz CT molecular complexity index is 396. The summed E-state index contributed by atoms with van der Waals surface area (Å²) in [5, 5.41) is 18.1. The fraction of sp³-hybridized carbons (Fsp3) is 0.944. The number of nitrogens with one attached hydrogen (secondary N) is 2. The highest BCUT2D eigenvalue weighted by atomic mass is 127. The number of nitrogens with zero attached hydrogens (tertiary/aromatic N) is 1. The molecule has 0 aliphatic heterocycles. The van der Waals surface area contributed by atoms with Gasteiger partial charge < -0.3 is 15.7 Å². The minimum absolute atomic E-state index is 0. The summed E-state index contributed by atoms with van der Waals surface area (Å²) in [6, 6.07) is 0.531. The fourth-order valence-corrected chi connectivity index (χ4v) is 4.66. The zero-order chi connectivity index (χ0) is 16.7. The maximum Gasteiger partial charge on any atom is 0.191 e. The first-order valence-corrected chi connectivity index (χ1v) is 10.6. The molecule has 0 saturated heterocycles. The van der Waals surface area contributed by atoms with Crippen LogP contribution >= 0.6 is 35.7 Å². The van der Waals surface area contributed by atoms with Crippen molar-refractivity contribution in [1.82, 2.24) is 10.6 Å². The van der Waals surface area contributed by atoms with E-state index in [1.165, 1.54) is 32.1 Å². The Kier molecular flexibility index (Phi) is 10.4. The first-order valence-electron chi connectivity index (χ1n) is 9.33. The summed E-state index contributed by atoms with van der Waals surface area (Å²) in [6.45, 7) is 5.89. The second-order valence-corrected chi connectivity index (χ2v) is 8.61. The van der Waals surface area contributed by atoms with Crippen LogP contribution in [0.15, 0.2) is 4.99 Å². The van der Waals surface area contributed by atoms with Crippen LogP contribution in [0.5, 0.6) is 0 Å². The lowest BCUT2D eigenvalue weighted by Crippen LogP contribution is -2.47. The monoisotopic (exact) mass is 469 g/mol. The van der Waals surface area contributed by atoms with Crippen LogP contribution in [0.4, 0.5) is 0 Å². The van der Waals surface area contributed by atoms with E-state index in [1.807, 2.05) is 11.8 Å². The molecule has 0 amide bonds. The molecule has 2 aliphatic rings. The van der Waals surface area contributed by atoms with Crippen molar-refractivity contribution in [1.29, 1.82) is 0 Å². The van der Waals surface area contributed by atoms with Gasteiger partial charge in [-0.1, -0.05) is 26.2 Å². The van der Waals surface area contributed by atoms with E-state index >= 15 is 0 Å². The van der Waals surface area contributed by atoms with Crippen LogP contribution in [0.1, 0.15) is 65.2 Å². The highest BCUT2D eigenvalue weighted by Gasteiger charge is 2.35. The average molecular weight is 469 g/mol. The summed E-state index contributed by atoms with van der Waals surface area (Å²) in [6.07, 6.45) is 11.5. The number of hydrogen-bond donors (Lipinski definition) is 3. The Morgan fingerprint density at radius 1 is 1.25 bits per heavy atom. The lowest BCUT2D eigenvalue weighted by molar-refractivity contribution is 0.00715. The molecule has 4 nitrogen and oxygen atoms in total. The van der Waals surface area contributed by atoms with Crippen molar-refractivity contribution in [3.63, 3.8) is 0 Å². The van der Waals surface area contributed by atoms with Crippen LogP contribution in [-0.2, 0) is 0 Å². The highest BCUT2D eigenvalue weighted by molar-refractivity contribution is 14.0. The number of aliphatic hydroxyl groups excluding tert-OH is 1. The molecule has 6 heteroatoms. The summed E-state index contributed by atoms with van der Waals surface area (Å²) in [7, 11) is 0. The zero-order valence-electron chi connectivity index (χ0n) is 15.5. The largest absolute Gasteiger partial charge is 0.392 e. The second kappa shape index (κ2) is 11.1. The Labute approximate surface area is 169 Å². The Hall–Kier alpha value is 0.310. The molecule has 0 aromatic heterocycles. The second-order valence-electron chi connectivity index (χ2n) is 7.48. The van der Waals surface area contributed by atoms with Crippen molar-refractivity contribution in [3.05, 3.63) is 0 Å². The molecular weight excluding hydrogens is 433 g/mol. The van der Waals surface area contributed by atoms with Gasteiger partial charge in [0.1, 0.15) is 0 Å². The smallest absolute Gasteiger partial charge is 0.191 e. The van der Waals surface area contributed by atoms with E-state index < -0.39 is 0 Å². The average Bonchev–Trinajstić information content (AvgIpc) is 2.56. The molecule has 24 heavy (non-hydrogen) atoms. The molecule has 0 heterocycles. The van der Waals surface area contributed by atoms with Crippen molar-refractivity contribution in [2.75, 3.05) is 19.3 Å². The molecule has 2 aliphatic carbocycles. The molecule has 0 spiro atoms. The highest BCUT2D eigenvalue weighted by Crippen LogP contribution is 2.36. The van der Waals surface area contributed by atoms with Crippen LogP contribution in [0, 0.1) is 5.41 Å². The van der Waals surface area contributed by atoms with Crippen LogP contribution in [0.3, 0.4) is 0 Å². The number of aliphatic hydroxyl groups is 1. The summed E-state index contributed by atoms with van der Waals surface area (Å²) >= 11 is 1.99. The van der Waals surface area contributed by atoms with E-state index in [0.29, 0.717) is 12.6 Å². The van der Waals surface area contributed by atoms with Gasteiger partial charge in [0, 0.05) is 23.3 Å². The molecule has 4 unspecified atom stereocenters. The van der Waals surface area contributed by atoms with Gasteiger partial charge >= 0.3 is 0 Å². The van der Waals surface area contributed by atoms with Gasteiger partial charge in [0.2, 0.25) is 0 Å². The third-order valence-electron chi connectivity index (χ3n) is 5.52. The predicted molar refractivity (Wildman–Crippen MR) is 117 cm³/mol. The topological polar surface area (TPSA) is 56.7 Å². The minimum Gasteiger partial charge on any atom is -0.392 e. The van der Waals surface area contributed by atoms with Crippen molar-refractivity contribution in [3.8, 4) is 0 Å². The zero-order valence-corrected chi connectivity index (χ0v) is 18.7. The number of hydrogen-bond acceptors (Lipinski definition) is 3. The first-order chi connectivity index (χ1) is 11.1. The third kappa shape index (κ3) is 6.56. The molecule has 2 fully saturated rings. The van der Waals surface area contributed by atoms with E-state index in [9.17, 15) is 5.11 Å². The van der Waals surface area contributed by atoms with Gasteiger partial charge in [-0.05, 0) is 45.3 Å². The van der Waals surface area contributed by atoms with Crippen molar-refractivity contribution in [2.24, 2.45) is 10.4 Å². The quantitative estimate of drug-likeness (QED) is 0.326. The van der Waals surface area contributed by atoms with Gasteiger partial charge in [-0.25, -0.2) is 0 Å². The van der Waals surface area contributed by atoms with Crippen LogP contribution in [0.25, 0.3) is 0 Å². The molecule has 4 atom stereocenters. The minimum atomic E-state index is -0.210. The molecule has 0 aromatic rings. The normalized spacial score (nSPS) is 34.3. The number of halogens is 1. The molecule has 0 radical (unpaired) electrons. The first kappa shape index (κ1) is 22.4. The molecular formula is C18H36IN3OS. The van der Waals surface area contributed by atoms with Gasteiger partial charge in [0.25, 0.3) is 0 Å². The third-order valence-corrected chi connectivity index (χ3v) is 6.62. The summed E-state index contributed by atoms with van der Waals surface area (Å²) < 4.78 is 0. The van der Waals surface area contributed by atoms with E-state index in [4.69, 9.17) is 4.99 Å². The lowest BCUT2D eigenvalue weighted by atomic mass is 9.73. The molecule has 0 aromatic carbocycles. The molecule has 0 bridgehead atoms. The van der Waals surface area contributed by atoms with Crippen LogP contribution < -0.4 is 10.6 Å². The van der Waals surface area contributed by atoms with Crippen molar-refractivity contribution in [2.45, 2.75) is 82.6 Å². The van der Waals surface area contributed by atoms with Gasteiger partial charge in [0.15, 0.2) is 5.96 Å². The maximum absolute atomic E-state index is 10.3. The Morgan fingerprint density at radius 3 is 2.71 bits per heavy atom. The SMILES string of the molecule is CCNC(=NCC1(C)CCCCC1O)NC1CCCC(SC)C1.I. The molecule has 2 rings (SSSR count). The van der Waals surface area contributed by atoms with Gasteiger partial charge in [-0.3, -0.25) is 4.99 Å². The summed E-state index contributed by atoms with van der Waals surface area (Å²) in [5.74, 6) is 0.929. The van der Waals surface area contributed by atoms with Crippen molar-refractivity contribution < 1.29 is 5.11 Å². The van der Waals surface area contributed by atoms with Crippen molar-refractivity contribution >= 4 is 41.7 Å². The number of aliphatic imine (C=N–C) groups is 1. The number of guanidine groups is 1. The molecule has 2 saturated carbocycles. The Morgan fingerprint density at radius 2 is 2.04 bits per heavy atom. The summed E-state index contributed by atoms with van der Waals surface area (Å²) in [4.78, 5) is 4.83. The van der Waals surface area contributed by atoms with Gasteiger partial charge in [-0.15, -0.1) is 24.0 Å². The van der Waals surface area contributed by atoms with E-state index in [-0.39, 0.29) is 35.5 Å². The molecule has 142 valence electrons. The number of thioether (sulfide) groups is 1.